The van der Waals surface area contributed by atoms with Gasteiger partial charge >= 0.3 is 0 Å². The van der Waals surface area contributed by atoms with Gasteiger partial charge in [-0.25, -0.2) is 4.98 Å². The number of rotatable bonds is 4. The second-order valence-electron chi connectivity index (χ2n) is 5.22. The first-order valence-corrected chi connectivity index (χ1v) is 6.47. The maximum atomic E-state index is 11.1. The molecule has 20 heavy (non-hydrogen) atoms. The number of aromatic nitrogens is 1. The highest BCUT2D eigenvalue weighted by molar-refractivity contribution is 5.76. The van der Waals surface area contributed by atoms with Gasteiger partial charge in [-0.2, -0.15) is 0 Å². The topological polar surface area (TPSA) is 96.6 Å². The van der Waals surface area contributed by atoms with E-state index in [1.165, 1.54) is 19.2 Å². The summed E-state index contributed by atoms with van der Waals surface area (Å²) in [6, 6.07) is 3.02. The molecule has 0 spiro atoms. The summed E-state index contributed by atoms with van der Waals surface area (Å²) in [6.07, 6.45) is 2.39. The van der Waals surface area contributed by atoms with Crippen LogP contribution >= 0.6 is 0 Å². The Morgan fingerprint density at radius 2 is 2.15 bits per heavy atom. The van der Waals surface area contributed by atoms with Gasteiger partial charge in [0.1, 0.15) is 17.8 Å². The van der Waals surface area contributed by atoms with E-state index in [2.05, 4.69) is 4.98 Å². The Balaban J connectivity index is 2.00. The molecule has 1 aliphatic rings. The molecule has 0 atom stereocenters. The van der Waals surface area contributed by atoms with Gasteiger partial charge in [-0.3, -0.25) is 14.9 Å². The molecule has 1 N–H and O–H groups in total. The molecular weight excluding hydrogens is 262 g/mol. The van der Waals surface area contributed by atoms with Crippen LogP contribution in [0.3, 0.4) is 0 Å². The second-order valence-corrected chi connectivity index (χ2v) is 5.22. The smallest absolute Gasteiger partial charge is 0.287 e. The van der Waals surface area contributed by atoms with Crippen molar-refractivity contribution in [1.82, 2.24) is 4.98 Å². The van der Waals surface area contributed by atoms with Crippen LogP contribution in [0.25, 0.3) is 0 Å². The van der Waals surface area contributed by atoms with Crippen molar-refractivity contribution < 1.29 is 14.8 Å². The Hall–Kier alpha value is -2.02. The van der Waals surface area contributed by atoms with Crippen molar-refractivity contribution in [3.8, 4) is 0 Å². The number of aliphatic hydroxyl groups is 1. The molecule has 1 fully saturated rings. The van der Waals surface area contributed by atoms with Gasteiger partial charge in [0.15, 0.2) is 0 Å². The number of Topliss-reactive ketones (excluding diaryl/α,β-unsaturated/α-hetero) is 1. The maximum absolute atomic E-state index is 11.1. The van der Waals surface area contributed by atoms with E-state index < -0.39 is 10.5 Å². The van der Waals surface area contributed by atoms with Gasteiger partial charge in [0.25, 0.3) is 5.69 Å². The summed E-state index contributed by atoms with van der Waals surface area (Å²) in [7, 11) is 0. The van der Waals surface area contributed by atoms with E-state index in [-0.39, 0.29) is 17.9 Å². The van der Waals surface area contributed by atoms with Gasteiger partial charge in [-0.15, -0.1) is 0 Å². The van der Waals surface area contributed by atoms with Crippen LogP contribution in [0.15, 0.2) is 18.3 Å². The number of carbonyl (C=O) groups excluding carboxylic acids is 1. The molecule has 7 heteroatoms. The fraction of sp³-hybridized carbons (Fsp3) is 0.538. The lowest BCUT2D eigenvalue weighted by Crippen LogP contribution is -2.45. The summed E-state index contributed by atoms with van der Waals surface area (Å²) in [4.78, 5) is 27.2. The normalized spacial score (nSPS) is 17.8. The highest BCUT2D eigenvalue weighted by Gasteiger charge is 2.33. The number of hydrogen-bond acceptors (Lipinski definition) is 6. The molecule has 108 valence electrons. The summed E-state index contributed by atoms with van der Waals surface area (Å²) in [5.74, 6) is 0.634. The molecule has 1 saturated heterocycles. The van der Waals surface area contributed by atoms with Crippen molar-refractivity contribution in [2.24, 2.45) is 0 Å². The third-order valence-corrected chi connectivity index (χ3v) is 3.54. The summed E-state index contributed by atoms with van der Waals surface area (Å²) >= 11 is 0. The van der Waals surface area contributed by atoms with Gasteiger partial charge in [0.2, 0.25) is 0 Å². The van der Waals surface area contributed by atoms with E-state index in [0.717, 1.165) is 0 Å². The highest BCUT2D eigenvalue weighted by atomic mass is 16.6. The standard InChI is InChI=1S/C13H17N3O4/c1-10(17)8-13(18)4-6-15(7-5-13)12-3-2-11(9-14-12)16(19)20/h2-3,9,18H,4-8H2,1H3. The van der Waals surface area contributed by atoms with Crippen molar-refractivity contribution in [2.75, 3.05) is 18.0 Å². The van der Waals surface area contributed by atoms with Crippen LogP contribution in [0.2, 0.25) is 0 Å². The number of carbonyl (C=O) groups is 1. The highest BCUT2D eigenvalue weighted by Crippen LogP contribution is 2.28. The molecule has 0 saturated carbocycles. The van der Waals surface area contributed by atoms with E-state index in [9.17, 15) is 20.0 Å². The molecule has 2 heterocycles. The first-order valence-electron chi connectivity index (χ1n) is 6.47. The average molecular weight is 279 g/mol. The van der Waals surface area contributed by atoms with Crippen molar-refractivity contribution in [2.45, 2.75) is 31.8 Å². The Morgan fingerprint density at radius 3 is 2.60 bits per heavy atom. The van der Waals surface area contributed by atoms with E-state index in [0.29, 0.717) is 31.7 Å². The molecular formula is C13H17N3O4. The fourth-order valence-electron chi connectivity index (χ4n) is 2.47. The largest absolute Gasteiger partial charge is 0.389 e. The maximum Gasteiger partial charge on any atom is 0.287 e. The van der Waals surface area contributed by atoms with Gasteiger partial charge < -0.3 is 10.0 Å². The van der Waals surface area contributed by atoms with Crippen LogP contribution < -0.4 is 4.90 Å². The minimum Gasteiger partial charge on any atom is -0.389 e. The summed E-state index contributed by atoms with van der Waals surface area (Å²) in [5, 5.41) is 20.8. The Kier molecular flexibility index (Phi) is 3.99. The Labute approximate surface area is 116 Å². The zero-order chi connectivity index (χ0) is 14.8. The number of piperidine rings is 1. The van der Waals surface area contributed by atoms with E-state index in [1.807, 2.05) is 4.90 Å². The summed E-state index contributed by atoms with van der Waals surface area (Å²) in [6.45, 7) is 2.63. The van der Waals surface area contributed by atoms with Crippen LogP contribution in [0.4, 0.5) is 11.5 Å². The number of nitrogens with zero attached hydrogens (tertiary/aromatic N) is 3. The molecule has 0 radical (unpaired) electrons. The fourth-order valence-corrected chi connectivity index (χ4v) is 2.47. The molecule has 0 aliphatic carbocycles. The zero-order valence-electron chi connectivity index (χ0n) is 11.3. The van der Waals surface area contributed by atoms with Crippen molar-refractivity contribution >= 4 is 17.3 Å². The lowest BCUT2D eigenvalue weighted by Gasteiger charge is -2.38. The Morgan fingerprint density at radius 1 is 1.50 bits per heavy atom. The predicted molar refractivity (Wildman–Crippen MR) is 72.6 cm³/mol. The van der Waals surface area contributed by atoms with Gasteiger partial charge in [0, 0.05) is 25.6 Å². The summed E-state index contributed by atoms with van der Waals surface area (Å²) < 4.78 is 0. The minimum absolute atomic E-state index is 0.0191. The molecule has 1 aromatic rings. The predicted octanol–water partition coefficient (Wildman–Crippen LogP) is 1.30. The zero-order valence-corrected chi connectivity index (χ0v) is 11.3. The molecule has 0 aromatic carbocycles. The Bertz CT molecular complexity index is 507. The van der Waals surface area contributed by atoms with E-state index in [4.69, 9.17) is 0 Å². The molecule has 7 nitrogen and oxygen atoms in total. The lowest BCUT2D eigenvalue weighted by atomic mass is 9.87. The minimum atomic E-state index is -0.927. The van der Waals surface area contributed by atoms with Crippen molar-refractivity contribution in [3.05, 3.63) is 28.4 Å². The molecule has 1 aliphatic heterocycles. The van der Waals surface area contributed by atoms with Crippen molar-refractivity contribution in [1.29, 1.82) is 0 Å². The third-order valence-electron chi connectivity index (χ3n) is 3.54. The molecule has 0 amide bonds. The number of anilines is 1. The number of nitro groups is 1. The van der Waals surface area contributed by atoms with Crippen LogP contribution in [-0.4, -0.2) is 39.5 Å². The quantitative estimate of drug-likeness (QED) is 0.659. The van der Waals surface area contributed by atoms with E-state index >= 15 is 0 Å². The second kappa shape index (κ2) is 5.54. The first kappa shape index (κ1) is 14.4. The first-order chi connectivity index (χ1) is 9.39. The summed E-state index contributed by atoms with van der Waals surface area (Å²) in [5.41, 5.74) is -0.970. The van der Waals surface area contributed by atoms with Crippen LogP contribution in [0.5, 0.6) is 0 Å². The van der Waals surface area contributed by atoms with Crippen LogP contribution in [0.1, 0.15) is 26.2 Å². The van der Waals surface area contributed by atoms with Crippen LogP contribution in [-0.2, 0) is 4.79 Å². The van der Waals surface area contributed by atoms with Crippen LogP contribution in [0, 0.1) is 10.1 Å². The lowest BCUT2D eigenvalue weighted by molar-refractivity contribution is -0.385. The molecule has 0 bridgehead atoms. The number of ketones is 1. The van der Waals surface area contributed by atoms with E-state index in [1.54, 1.807) is 6.07 Å². The SMILES string of the molecule is CC(=O)CC1(O)CCN(c2ccc([N+](=O)[O-])cn2)CC1. The van der Waals surface area contributed by atoms with Gasteiger partial charge in [0.05, 0.1) is 10.5 Å². The average Bonchev–Trinajstić information content (AvgIpc) is 2.38. The van der Waals surface area contributed by atoms with Gasteiger partial charge in [-0.05, 0) is 25.8 Å². The number of pyridine rings is 1. The van der Waals surface area contributed by atoms with Gasteiger partial charge in [-0.1, -0.05) is 0 Å². The third kappa shape index (κ3) is 3.30. The molecule has 1 aromatic heterocycles. The number of hydrogen-bond donors (Lipinski definition) is 1. The van der Waals surface area contributed by atoms with Crippen molar-refractivity contribution in [3.63, 3.8) is 0 Å². The molecule has 2 rings (SSSR count). The monoisotopic (exact) mass is 279 g/mol. The molecule has 0 unspecified atom stereocenters.